The predicted octanol–water partition coefficient (Wildman–Crippen LogP) is 5.41. The number of hydrogen-bond donors (Lipinski definition) is 0. The lowest BCUT2D eigenvalue weighted by Gasteiger charge is -2.27. The quantitative estimate of drug-likeness (QED) is 0.542. The van der Waals surface area contributed by atoms with Crippen molar-refractivity contribution in [1.82, 2.24) is 4.90 Å². The van der Waals surface area contributed by atoms with E-state index < -0.39 is 0 Å². The van der Waals surface area contributed by atoms with Gasteiger partial charge in [0, 0.05) is 38.3 Å². The number of carbonyl (C=O) groups excluding carboxylic acids is 1. The number of rotatable bonds is 7. The molecule has 0 heterocycles. The molecule has 3 aromatic rings. The third-order valence-corrected chi connectivity index (χ3v) is 5.21. The van der Waals surface area contributed by atoms with Gasteiger partial charge in [0.2, 0.25) is 0 Å². The Morgan fingerprint density at radius 2 is 1.45 bits per heavy atom. The van der Waals surface area contributed by atoms with Gasteiger partial charge in [-0.3, -0.25) is 4.90 Å². The summed E-state index contributed by atoms with van der Waals surface area (Å²) in [7, 11) is 5.27. The van der Waals surface area contributed by atoms with Crippen molar-refractivity contribution in [2.75, 3.05) is 32.6 Å². The summed E-state index contributed by atoms with van der Waals surface area (Å²) in [4.78, 5) is 16.4. The molecule has 0 saturated heterocycles. The summed E-state index contributed by atoms with van der Waals surface area (Å²) in [5.41, 5.74) is 3.34. The number of amides is 2. The molecule has 0 bridgehead atoms. The zero-order chi connectivity index (χ0) is 20.6. The number of nitrogens with zero attached hydrogens (tertiary/aromatic N) is 2. The van der Waals surface area contributed by atoms with Crippen LogP contribution in [0.25, 0.3) is 0 Å². The van der Waals surface area contributed by atoms with Gasteiger partial charge in [-0.05, 0) is 29.7 Å². The van der Waals surface area contributed by atoms with Crippen LogP contribution in [0, 0.1) is 0 Å². The van der Waals surface area contributed by atoms with Crippen LogP contribution in [0.1, 0.15) is 23.5 Å². The molecule has 3 rings (SSSR count). The molecule has 4 nitrogen and oxygen atoms in total. The standard InChI is InChI=1S/C25H28N2O2/c1-26(25(28)27(2)22-15-10-16-23(19-22)29-3)18-17-24(20-11-6-4-7-12-20)21-13-8-5-9-14-21/h4-16,19,24H,17-18H2,1-3H3. The van der Waals surface area contributed by atoms with Crippen molar-refractivity contribution in [2.24, 2.45) is 0 Å². The Balaban J connectivity index is 1.71. The van der Waals surface area contributed by atoms with Crippen LogP contribution in [0.2, 0.25) is 0 Å². The molecule has 150 valence electrons. The van der Waals surface area contributed by atoms with Crippen molar-refractivity contribution in [3.63, 3.8) is 0 Å². The van der Waals surface area contributed by atoms with E-state index in [0.29, 0.717) is 6.54 Å². The first kappa shape index (κ1) is 20.5. The number of methoxy groups -OCH3 is 1. The summed E-state index contributed by atoms with van der Waals surface area (Å²) in [6.07, 6.45) is 0.849. The first-order chi connectivity index (χ1) is 14.1. The number of urea groups is 1. The second kappa shape index (κ2) is 9.78. The van der Waals surface area contributed by atoms with Crippen molar-refractivity contribution in [3.8, 4) is 5.75 Å². The molecule has 0 aliphatic carbocycles. The molecule has 0 aliphatic heterocycles. The molecule has 0 aromatic heterocycles. The summed E-state index contributed by atoms with van der Waals surface area (Å²) in [5.74, 6) is 0.979. The summed E-state index contributed by atoms with van der Waals surface area (Å²) < 4.78 is 5.27. The smallest absolute Gasteiger partial charge is 0.323 e. The fourth-order valence-corrected chi connectivity index (χ4v) is 3.50. The van der Waals surface area contributed by atoms with Gasteiger partial charge in [0.05, 0.1) is 7.11 Å². The topological polar surface area (TPSA) is 32.8 Å². The van der Waals surface area contributed by atoms with E-state index in [2.05, 4.69) is 48.5 Å². The highest BCUT2D eigenvalue weighted by molar-refractivity contribution is 5.91. The molecule has 3 aromatic carbocycles. The lowest BCUT2D eigenvalue weighted by atomic mass is 9.88. The minimum Gasteiger partial charge on any atom is -0.497 e. The van der Waals surface area contributed by atoms with E-state index >= 15 is 0 Å². The molecule has 0 N–H and O–H groups in total. The van der Waals surface area contributed by atoms with E-state index in [1.54, 1.807) is 24.0 Å². The molecule has 2 amide bonds. The molecule has 0 aliphatic rings. The second-order valence-electron chi connectivity index (χ2n) is 7.13. The predicted molar refractivity (Wildman–Crippen MR) is 119 cm³/mol. The molecule has 4 heteroatoms. The van der Waals surface area contributed by atoms with Crippen LogP contribution in [0.4, 0.5) is 10.5 Å². The highest BCUT2D eigenvalue weighted by atomic mass is 16.5. The highest BCUT2D eigenvalue weighted by Crippen LogP contribution is 2.28. The number of anilines is 1. The Hall–Kier alpha value is -3.27. The molecular weight excluding hydrogens is 360 g/mol. The Labute approximate surface area is 173 Å². The summed E-state index contributed by atoms with van der Waals surface area (Å²) in [5, 5.41) is 0. The van der Waals surface area contributed by atoms with Gasteiger partial charge < -0.3 is 9.64 Å². The van der Waals surface area contributed by atoms with Crippen LogP contribution in [-0.2, 0) is 0 Å². The van der Waals surface area contributed by atoms with Gasteiger partial charge in [0.15, 0.2) is 0 Å². The Bertz CT molecular complexity index is 873. The Kier molecular flexibility index (Phi) is 6.90. The average Bonchev–Trinajstić information content (AvgIpc) is 2.79. The Morgan fingerprint density at radius 3 is 2.00 bits per heavy atom. The summed E-state index contributed by atoms with van der Waals surface area (Å²) >= 11 is 0. The van der Waals surface area contributed by atoms with Crippen molar-refractivity contribution in [3.05, 3.63) is 96.1 Å². The first-order valence-electron chi connectivity index (χ1n) is 9.83. The van der Waals surface area contributed by atoms with Gasteiger partial charge in [-0.15, -0.1) is 0 Å². The second-order valence-corrected chi connectivity index (χ2v) is 7.13. The third-order valence-electron chi connectivity index (χ3n) is 5.21. The van der Waals surface area contributed by atoms with Crippen molar-refractivity contribution < 1.29 is 9.53 Å². The molecule has 0 spiro atoms. The van der Waals surface area contributed by atoms with E-state index in [1.165, 1.54) is 11.1 Å². The molecule has 0 atom stereocenters. The fraction of sp³-hybridized carbons (Fsp3) is 0.240. The zero-order valence-corrected chi connectivity index (χ0v) is 17.3. The normalized spacial score (nSPS) is 10.6. The van der Waals surface area contributed by atoms with Gasteiger partial charge in [-0.1, -0.05) is 66.7 Å². The van der Waals surface area contributed by atoms with Crippen LogP contribution in [0.5, 0.6) is 5.75 Å². The van der Waals surface area contributed by atoms with Gasteiger partial charge >= 0.3 is 6.03 Å². The lowest BCUT2D eigenvalue weighted by molar-refractivity contribution is 0.215. The van der Waals surface area contributed by atoms with Gasteiger partial charge in [0.1, 0.15) is 5.75 Å². The van der Waals surface area contributed by atoms with Crippen LogP contribution in [0.15, 0.2) is 84.9 Å². The molecule has 0 saturated carbocycles. The molecule has 0 radical (unpaired) electrons. The SMILES string of the molecule is COc1cccc(N(C)C(=O)N(C)CCC(c2ccccc2)c2ccccc2)c1. The number of ether oxygens (including phenoxy) is 1. The molecule has 29 heavy (non-hydrogen) atoms. The molecule has 0 unspecified atom stereocenters. The fourth-order valence-electron chi connectivity index (χ4n) is 3.50. The minimum atomic E-state index is -0.0434. The first-order valence-corrected chi connectivity index (χ1v) is 9.83. The summed E-state index contributed by atoms with van der Waals surface area (Å²) in [6.45, 7) is 0.654. The zero-order valence-electron chi connectivity index (χ0n) is 17.3. The maximum absolute atomic E-state index is 12.9. The van der Waals surface area contributed by atoms with E-state index in [0.717, 1.165) is 17.9 Å². The maximum Gasteiger partial charge on any atom is 0.323 e. The lowest BCUT2D eigenvalue weighted by Crippen LogP contribution is -2.39. The van der Waals surface area contributed by atoms with E-state index in [1.807, 2.05) is 43.4 Å². The highest BCUT2D eigenvalue weighted by Gasteiger charge is 2.19. The van der Waals surface area contributed by atoms with Crippen LogP contribution in [0.3, 0.4) is 0 Å². The van der Waals surface area contributed by atoms with E-state index in [9.17, 15) is 4.79 Å². The third kappa shape index (κ3) is 5.17. The van der Waals surface area contributed by atoms with Gasteiger partial charge in [0.25, 0.3) is 0 Å². The van der Waals surface area contributed by atoms with E-state index in [-0.39, 0.29) is 11.9 Å². The van der Waals surface area contributed by atoms with Crippen LogP contribution in [-0.4, -0.2) is 38.7 Å². The number of carbonyl (C=O) groups is 1. The average molecular weight is 389 g/mol. The molecular formula is C25H28N2O2. The number of benzene rings is 3. The van der Waals surface area contributed by atoms with Crippen LogP contribution < -0.4 is 9.64 Å². The van der Waals surface area contributed by atoms with E-state index in [4.69, 9.17) is 4.74 Å². The minimum absolute atomic E-state index is 0.0434. The van der Waals surface area contributed by atoms with Crippen molar-refractivity contribution in [1.29, 1.82) is 0 Å². The number of hydrogen-bond acceptors (Lipinski definition) is 2. The van der Waals surface area contributed by atoms with Gasteiger partial charge in [-0.25, -0.2) is 4.79 Å². The van der Waals surface area contributed by atoms with Crippen molar-refractivity contribution >= 4 is 11.7 Å². The largest absolute Gasteiger partial charge is 0.497 e. The monoisotopic (exact) mass is 388 g/mol. The summed E-state index contributed by atoms with van der Waals surface area (Å²) in [6, 6.07) is 28.4. The van der Waals surface area contributed by atoms with Crippen LogP contribution >= 0.6 is 0 Å². The van der Waals surface area contributed by atoms with Gasteiger partial charge in [-0.2, -0.15) is 0 Å². The Morgan fingerprint density at radius 1 is 0.862 bits per heavy atom. The van der Waals surface area contributed by atoms with Crippen molar-refractivity contribution in [2.45, 2.75) is 12.3 Å². The molecule has 0 fully saturated rings. The maximum atomic E-state index is 12.9.